The van der Waals surface area contributed by atoms with Crippen molar-refractivity contribution in [3.63, 3.8) is 0 Å². The molecular formula is C26H27ClF3N3O5S2. The summed E-state index contributed by atoms with van der Waals surface area (Å²) in [6.07, 6.45) is -3.80. The molecule has 0 spiro atoms. The molecule has 8 nitrogen and oxygen atoms in total. The highest BCUT2D eigenvalue weighted by molar-refractivity contribution is 7.92. The van der Waals surface area contributed by atoms with Gasteiger partial charge in [-0.3, -0.25) is 13.8 Å². The van der Waals surface area contributed by atoms with Crippen molar-refractivity contribution >= 4 is 54.6 Å². The smallest absolute Gasteiger partial charge is 0.325 e. The topological polar surface area (TPSA) is 113 Å². The molecule has 3 rings (SSSR count). The van der Waals surface area contributed by atoms with Crippen LogP contribution in [0, 0.1) is 0 Å². The van der Waals surface area contributed by atoms with Crippen LogP contribution in [0.2, 0.25) is 5.02 Å². The maximum Gasteiger partial charge on any atom is 0.417 e. The highest BCUT2D eigenvalue weighted by Gasteiger charge is 2.33. The molecule has 1 amide bonds. The van der Waals surface area contributed by atoms with E-state index in [9.17, 15) is 34.8 Å². The average molecular weight is 618 g/mol. The second-order valence-corrected chi connectivity index (χ2v) is 13.9. The summed E-state index contributed by atoms with van der Waals surface area (Å²) in [5, 5.41) is 1.93. The molecular weight excluding hydrogens is 591 g/mol. The standard InChI is InChI=1S/C26H27ClF3N3O5S2/c1-25(2,3)17-5-10-20(11-6-17)33(39(4,35)36)16-24(34)31-18-7-12-21(13-8-18)40(37,38)32-19-9-14-23(27)22(15-19)26(28,29)30/h5-15,32H,16H2,1-4H3,(H,31,34). The lowest BCUT2D eigenvalue weighted by molar-refractivity contribution is -0.137. The molecule has 216 valence electrons. The van der Waals surface area contributed by atoms with Crippen LogP contribution in [-0.4, -0.2) is 35.5 Å². The van der Waals surface area contributed by atoms with Gasteiger partial charge in [-0.2, -0.15) is 13.2 Å². The van der Waals surface area contributed by atoms with Crippen LogP contribution in [0.15, 0.2) is 71.6 Å². The van der Waals surface area contributed by atoms with Crippen molar-refractivity contribution in [1.82, 2.24) is 0 Å². The van der Waals surface area contributed by atoms with Crippen LogP contribution < -0.4 is 14.3 Å². The molecule has 40 heavy (non-hydrogen) atoms. The number of hydrogen-bond acceptors (Lipinski definition) is 5. The fourth-order valence-corrected chi connectivity index (χ4v) is 5.73. The fourth-order valence-electron chi connectivity index (χ4n) is 3.60. The SMILES string of the molecule is CC(C)(C)c1ccc(N(CC(=O)Nc2ccc(S(=O)(=O)Nc3ccc(Cl)c(C(F)(F)F)c3)cc2)S(C)(=O)=O)cc1. The van der Waals surface area contributed by atoms with Crippen molar-refractivity contribution in [2.75, 3.05) is 27.1 Å². The Bertz CT molecular complexity index is 1600. The number of alkyl halides is 3. The van der Waals surface area contributed by atoms with Gasteiger partial charge < -0.3 is 5.32 Å². The number of nitrogens with zero attached hydrogens (tertiary/aromatic N) is 1. The van der Waals surface area contributed by atoms with Gasteiger partial charge in [0.15, 0.2) is 0 Å². The number of rotatable bonds is 8. The number of carbonyl (C=O) groups is 1. The van der Waals surface area contributed by atoms with E-state index in [2.05, 4.69) is 10.0 Å². The number of benzene rings is 3. The van der Waals surface area contributed by atoms with Crippen LogP contribution in [0.4, 0.5) is 30.2 Å². The summed E-state index contributed by atoms with van der Waals surface area (Å²) < 4.78 is 92.5. The summed E-state index contributed by atoms with van der Waals surface area (Å²) in [5.41, 5.74) is -0.232. The first kappa shape index (κ1) is 31.2. The molecule has 0 heterocycles. The van der Waals surface area contributed by atoms with Crippen molar-refractivity contribution in [3.05, 3.63) is 82.9 Å². The molecule has 3 aromatic rings. The monoisotopic (exact) mass is 617 g/mol. The first-order chi connectivity index (χ1) is 18.3. The van der Waals surface area contributed by atoms with Gasteiger partial charge >= 0.3 is 6.18 Å². The Balaban J connectivity index is 1.73. The Morgan fingerprint density at radius 2 is 1.43 bits per heavy atom. The van der Waals surface area contributed by atoms with Gasteiger partial charge in [-0.1, -0.05) is 44.5 Å². The van der Waals surface area contributed by atoms with Gasteiger partial charge in [0.25, 0.3) is 10.0 Å². The lowest BCUT2D eigenvalue weighted by atomic mass is 9.87. The Morgan fingerprint density at radius 3 is 1.93 bits per heavy atom. The molecule has 0 saturated carbocycles. The largest absolute Gasteiger partial charge is 0.417 e. The predicted octanol–water partition coefficient (Wildman–Crippen LogP) is 5.86. The van der Waals surface area contributed by atoms with Crippen molar-refractivity contribution in [1.29, 1.82) is 0 Å². The van der Waals surface area contributed by atoms with Crippen LogP contribution in [0.1, 0.15) is 31.9 Å². The van der Waals surface area contributed by atoms with Crippen molar-refractivity contribution < 1.29 is 34.8 Å². The van der Waals surface area contributed by atoms with E-state index in [4.69, 9.17) is 11.6 Å². The average Bonchev–Trinajstić information content (AvgIpc) is 2.82. The third-order valence-electron chi connectivity index (χ3n) is 5.68. The third-order valence-corrected chi connectivity index (χ3v) is 8.55. The van der Waals surface area contributed by atoms with Gasteiger partial charge in [0.2, 0.25) is 15.9 Å². The molecule has 2 N–H and O–H groups in total. The molecule has 3 aromatic carbocycles. The summed E-state index contributed by atoms with van der Waals surface area (Å²) >= 11 is 5.57. The van der Waals surface area contributed by atoms with Gasteiger partial charge in [0, 0.05) is 11.4 Å². The highest BCUT2D eigenvalue weighted by atomic mass is 35.5. The quantitative estimate of drug-likeness (QED) is 0.329. The van der Waals surface area contributed by atoms with Gasteiger partial charge in [-0.05, 0) is 65.6 Å². The van der Waals surface area contributed by atoms with E-state index in [1.54, 1.807) is 24.3 Å². The Morgan fingerprint density at radius 1 is 0.875 bits per heavy atom. The maximum absolute atomic E-state index is 13.1. The molecule has 0 unspecified atom stereocenters. The highest BCUT2D eigenvalue weighted by Crippen LogP contribution is 2.36. The van der Waals surface area contributed by atoms with E-state index in [-0.39, 0.29) is 21.7 Å². The number of hydrogen-bond donors (Lipinski definition) is 2. The summed E-state index contributed by atoms with van der Waals surface area (Å²) in [6.45, 7) is 5.50. The van der Waals surface area contributed by atoms with Gasteiger partial charge in [0.05, 0.1) is 27.4 Å². The van der Waals surface area contributed by atoms with Gasteiger partial charge in [0.1, 0.15) is 6.54 Å². The number of halogens is 4. The number of sulfonamides is 2. The summed E-state index contributed by atoms with van der Waals surface area (Å²) in [4.78, 5) is 12.4. The molecule has 0 aliphatic rings. The maximum atomic E-state index is 13.1. The summed E-state index contributed by atoms with van der Waals surface area (Å²) in [7, 11) is -8.10. The Kier molecular flexibility index (Phi) is 8.82. The van der Waals surface area contributed by atoms with Gasteiger partial charge in [-0.25, -0.2) is 16.8 Å². The van der Waals surface area contributed by atoms with Crippen molar-refractivity contribution in [2.24, 2.45) is 0 Å². The molecule has 0 radical (unpaired) electrons. The molecule has 0 aromatic heterocycles. The van der Waals surface area contributed by atoms with E-state index in [1.165, 1.54) is 12.1 Å². The van der Waals surface area contributed by atoms with Crippen LogP contribution >= 0.6 is 11.6 Å². The second-order valence-electron chi connectivity index (χ2n) is 9.94. The lowest BCUT2D eigenvalue weighted by Crippen LogP contribution is -2.37. The third kappa shape index (κ3) is 7.89. The summed E-state index contributed by atoms with van der Waals surface area (Å²) in [5.74, 6) is -0.681. The molecule has 0 fully saturated rings. The zero-order valence-electron chi connectivity index (χ0n) is 21.9. The van der Waals surface area contributed by atoms with Gasteiger partial charge in [-0.15, -0.1) is 0 Å². The van der Waals surface area contributed by atoms with Crippen molar-refractivity contribution in [2.45, 2.75) is 37.3 Å². The molecule has 0 aliphatic heterocycles. The number of nitrogens with one attached hydrogen (secondary N) is 2. The van der Waals surface area contributed by atoms with Crippen molar-refractivity contribution in [3.8, 4) is 0 Å². The van der Waals surface area contributed by atoms with Crippen LogP contribution in [0.25, 0.3) is 0 Å². The minimum atomic E-state index is -4.78. The van der Waals surface area contributed by atoms with E-state index in [1.807, 2.05) is 20.8 Å². The minimum Gasteiger partial charge on any atom is -0.325 e. The van der Waals surface area contributed by atoms with Crippen LogP contribution in [-0.2, 0) is 36.4 Å². The molecule has 14 heteroatoms. The zero-order chi connectivity index (χ0) is 30.1. The lowest BCUT2D eigenvalue weighted by Gasteiger charge is -2.24. The van der Waals surface area contributed by atoms with E-state index >= 15 is 0 Å². The second kappa shape index (κ2) is 11.3. The normalized spacial score (nSPS) is 12.6. The first-order valence-electron chi connectivity index (χ1n) is 11.6. The Hall–Kier alpha value is -3.29. The van der Waals surface area contributed by atoms with Crippen LogP contribution in [0.3, 0.4) is 0 Å². The number of anilines is 3. The molecule has 0 atom stereocenters. The fraction of sp³-hybridized carbons (Fsp3) is 0.269. The van der Waals surface area contributed by atoms with E-state index < -0.39 is 49.3 Å². The van der Waals surface area contributed by atoms with E-state index in [0.717, 1.165) is 40.4 Å². The minimum absolute atomic E-state index is 0.151. The van der Waals surface area contributed by atoms with E-state index in [0.29, 0.717) is 11.8 Å². The zero-order valence-corrected chi connectivity index (χ0v) is 24.3. The number of amides is 1. The number of carbonyl (C=O) groups excluding carboxylic acids is 1. The van der Waals surface area contributed by atoms with Crippen LogP contribution in [0.5, 0.6) is 0 Å². The first-order valence-corrected chi connectivity index (χ1v) is 15.4. The molecule has 0 saturated heterocycles. The predicted molar refractivity (Wildman–Crippen MR) is 150 cm³/mol. The Labute approximate surface area is 236 Å². The molecule has 0 aliphatic carbocycles. The summed E-state index contributed by atoms with van der Waals surface area (Å²) in [6, 6.07) is 14.2. The molecule has 0 bridgehead atoms.